The lowest BCUT2D eigenvalue weighted by Gasteiger charge is -2.07. The van der Waals surface area contributed by atoms with Gasteiger partial charge >= 0.3 is 0 Å². The fourth-order valence-electron chi connectivity index (χ4n) is 2.67. The van der Waals surface area contributed by atoms with Crippen LogP contribution in [0.3, 0.4) is 0 Å². The Balaban J connectivity index is 1.63. The van der Waals surface area contributed by atoms with Gasteiger partial charge in [0.15, 0.2) is 5.76 Å². The van der Waals surface area contributed by atoms with Crippen LogP contribution in [0.5, 0.6) is 5.75 Å². The van der Waals surface area contributed by atoms with Crippen LogP contribution in [0.2, 0.25) is 0 Å². The molecule has 0 unspecified atom stereocenters. The summed E-state index contributed by atoms with van der Waals surface area (Å²) < 4.78 is 11.2. The Morgan fingerprint density at radius 3 is 2.70 bits per heavy atom. The third-order valence-corrected chi connectivity index (χ3v) is 4.13. The van der Waals surface area contributed by atoms with Crippen LogP contribution in [0.15, 0.2) is 77.0 Å². The Kier molecular flexibility index (Phi) is 6.05. The van der Waals surface area contributed by atoms with E-state index >= 15 is 0 Å². The van der Waals surface area contributed by atoms with E-state index in [9.17, 15) is 0 Å². The van der Waals surface area contributed by atoms with Crippen molar-refractivity contribution < 1.29 is 9.26 Å². The first-order valence-corrected chi connectivity index (χ1v) is 8.85. The highest BCUT2D eigenvalue weighted by molar-refractivity contribution is 5.69. The molecule has 0 atom stereocenters. The topological polar surface area (TPSA) is 74.2 Å². The van der Waals surface area contributed by atoms with Gasteiger partial charge in [0.25, 0.3) is 0 Å². The predicted octanol–water partition coefficient (Wildman–Crippen LogP) is 4.81. The Morgan fingerprint density at radius 2 is 2.00 bits per heavy atom. The zero-order valence-electron chi connectivity index (χ0n) is 15.6. The number of hydrogen-bond donors (Lipinski definition) is 1. The first kappa shape index (κ1) is 18.5. The molecule has 2 N–H and O–H groups in total. The zero-order valence-corrected chi connectivity index (χ0v) is 15.6. The van der Waals surface area contributed by atoms with Crippen molar-refractivity contribution in [3.8, 4) is 17.1 Å². The van der Waals surface area contributed by atoms with E-state index in [-0.39, 0.29) is 0 Å². The summed E-state index contributed by atoms with van der Waals surface area (Å²) >= 11 is 0. The number of pyridine rings is 1. The number of aromatic nitrogens is 2. The van der Waals surface area contributed by atoms with Crippen LogP contribution in [-0.2, 0) is 6.42 Å². The summed E-state index contributed by atoms with van der Waals surface area (Å²) in [6, 6.07) is 13.6. The maximum Gasteiger partial charge on any atom is 0.170 e. The van der Waals surface area contributed by atoms with E-state index in [0.717, 1.165) is 28.1 Å². The molecule has 0 aliphatic heterocycles. The van der Waals surface area contributed by atoms with Gasteiger partial charge in [0.2, 0.25) is 0 Å². The van der Waals surface area contributed by atoms with Crippen LogP contribution in [0.25, 0.3) is 11.3 Å². The summed E-state index contributed by atoms with van der Waals surface area (Å²) in [4.78, 5) is 4.07. The summed E-state index contributed by atoms with van der Waals surface area (Å²) in [6.07, 6.45) is 8.42. The highest BCUT2D eigenvalue weighted by Crippen LogP contribution is 2.25. The van der Waals surface area contributed by atoms with Gasteiger partial charge < -0.3 is 15.0 Å². The number of hydrogen-bond acceptors (Lipinski definition) is 5. The van der Waals surface area contributed by atoms with Gasteiger partial charge in [-0.25, -0.2) is 4.98 Å². The molecule has 0 radical (unpaired) electrons. The van der Waals surface area contributed by atoms with Gasteiger partial charge in [-0.1, -0.05) is 35.5 Å². The lowest BCUT2D eigenvalue weighted by Crippen LogP contribution is -1.99. The number of rotatable bonds is 7. The number of nitrogen functional groups attached to an aromatic ring is 1. The maximum absolute atomic E-state index is 5.89. The van der Waals surface area contributed by atoms with Gasteiger partial charge in [0.05, 0.1) is 11.3 Å². The predicted molar refractivity (Wildman–Crippen MR) is 107 cm³/mol. The second-order valence-corrected chi connectivity index (χ2v) is 6.09. The molecule has 3 aromatic rings. The first-order chi connectivity index (χ1) is 13.2. The van der Waals surface area contributed by atoms with Crippen molar-refractivity contribution in [3.05, 3.63) is 83.7 Å². The Bertz CT molecular complexity index is 940. The quantitative estimate of drug-likeness (QED) is 0.611. The van der Waals surface area contributed by atoms with Crippen LogP contribution >= 0.6 is 0 Å². The van der Waals surface area contributed by atoms with Crippen molar-refractivity contribution in [1.29, 1.82) is 0 Å². The molecule has 5 heteroatoms. The van der Waals surface area contributed by atoms with Crippen molar-refractivity contribution in [2.24, 2.45) is 0 Å². The summed E-state index contributed by atoms with van der Waals surface area (Å²) in [5.74, 6) is 1.89. The first-order valence-electron chi connectivity index (χ1n) is 8.85. The Labute approximate surface area is 159 Å². The monoisotopic (exact) mass is 361 g/mol. The van der Waals surface area contributed by atoms with E-state index in [2.05, 4.69) is 10.1 Å². The van der Waals surface area contributed by atoms with Gasteiger partial charge in [-0.15, -0.1) is 0 Å². The molecule has 27 heavy (non-hydrogen) atoms. The molecule has 2 aromatic heterocycles. The lowest BCUT2D eigenvalue weighted by atomic mass is 10.1. The van der Waals surface area contributed by atoms with E-state index in [1.165, 1.54) is 0 Å². The third kappa shape index (κ3) is 4.85. The van der Waals surface area contributed by atoms with E-state index in [4.69, 9.17) is 15.0 Å². The van der Waals surface area contributed by atoms with Gasteiger partial charge in [0, 0.05) is 18.7 Å². The lowest BCUT2D eigenvalue weighted by molar-refractivity contribution is 0.355. The zero-order chi connectivity index (χ0) is 19.1. The maximum atomic E-state index is 5.89. The van der Waals surface area contributed by atoms with E-state index in [0.29, 0.717) is 24.6 Å². The standard InChI is InChI=1S/C22H23N3O2/c1-3-6-16(4-2)15-26-19-10-8-17(9-11-19)13-18-14-21(27-25-18)20-7-5-12-24-22(20)23/h3-12,14H,13,15H2,1-2H3,(H2,23,24)/b6-3-,16-4+. The largest absolute Gasteiger partial charge is 0.489 e. The minimum Gasteiger partial charge on any atom is -0.489 e. The molecule has 0 fully saturated rings. The van der Waals surface area contributed by atoms with Crippen LogP contribution < -0.4 is 10.5 Å². The molecule has 3 rings (SSSR count). The van der Waals surface area contributed by atoms with Crippen LogP contribution in [0, 0.1) is 0 Å². The molecule has 0 amide bonds. The number of nitrogens with zero attached hydrogens (tertiary/aromatic N) is 2. The van der Waals surface area contributed by atoms with Gasteiger partial charge in [-0.2, -0.15) is 0 Å². The number of anilines is 1. The summed E-state index contributed by atoms with van der Waals surface area (Å²) in [7, 11) is 0. The number of benzene rings is 1. The smallest absolute Gasteiger partial charge is 0.170 e. The highest BCUT2D eigenvalue weighted by atomic mass is 16.5. The third-order valence-electron chi connectivity index (χ3n) is 4.13. The fourth-order valence-corrected chi connectivity index (χ4v) is 2.67. The van der Waals surface area contributed by atoms with E-state index in [1.54, 1.807) is 6.20 Å². The molecule has 0 aliphatic carbocycles. The minimum atomic E-state index is 0.431. The van der Waals surface area contributed by atoms with Crippen molar-refractivity contribution in [2.45, 2.75) is 20.3 Å². The SMILES string of the molecule is C/C=C\C(=C/C)COc1ccc(Cc2cc(-c3cccnc3N)on2)cc1. The number of allylic oxidation sites excluding steroid dienone is 2. The van der Waals surface area contributed by atoms with Crippen molar-refractivity contribution in [3.63, 3.8) is 0 Å². The normalized spacial score (nSPS) is 11.9. The minimum absolute atomic E-state index is 0.431. The summed E-state index contributed by atoms with van der Waals surface area (Å²) in [5, 5.41) is 4.14. The molecular weight excluding hydrogens is 338 g/mol. The average molecular weight is 361 g/mol. The van der Waals surface area contributed by atoms with E-state index < -0.39 is 0 Å². The van der Waals surface area contributed by atoms with Gasteiger partial charge in [-0.3, -0.25) is 0 Å². The Hall–Kier alpha value is -3.34. The van der Waals surface area contributed by atoms with Gasteiger partial charge in [0.1, 0.15) is 18.2 Å². The molecule has 5 nitrogen and oxygen atoms in total. The van der Waals surface area contributed by atoms with Crippen molar-refractivity contribution in [1.82, 2.24) is 10.1 Å². The van der Waals surface area contributed by atoms with Crippen LogP contribution in [-0.4, -0.2) is 16.7 Å². The number of ether oxygens (including phenoxy) is 1. The highest BCUT2D eigenvalue weighted by Gasteiger charge is 2.10. The molecule has 1 aromatic carbocycles. The van der Waals surface area contributed by atoms with Crippen molar-refractivity contribution >= 4 is 5.82 Å². The molecule has 0 saturated carbocycles. The fraction of sp³-hybridized carbons (Fsp3) is 0.182. The van der Waals surface area contributed by atoms with E-state index in [1.807, 2.05) is 74.5 Å². The number of nitrogens with two attached hydrogens (primary N) is 1. The van der Waals surface area contributed by atoms with Gasteiger partial charge in [-0.05, 0) is 49.2 Å². The average Bonchev–Trinajstić information content (AvgIpc) is 3.15. The summed E-state index contributed by atoms with van der Waals surface area (Å²) in [6.45, 7) is 4.56. The van der Waals surface area contributed by atoms with Crippen LogP contribution in [0.1, 0.15) is 25.1 Å². The Morgan fingerprint density at radius 1 is 1.19 bits per heavy atom. The van der Waals surface area contributed by atoms with Crippen molar-refractivity contribution in [2.75, 3.05) is 12.3 Å². The molecule has 0 spiro atoms. The molecule has 0 bridgehead atoms. The molecule has 138 valence electrons. The van der Waals surface area contributed by atoms with Crippen LogP contribution in [0.4, 0.5) is 5.82 Å². The second-order valence-electron chi connectivity index (χ2n) is 6.09. The second kappa shape index (κ2) is 8.85. The molecule has 0 aliphatic rings. The molecule has 2 heterocycles. The molecular formula is C22H23N3O2. The molecule has 0 saturated heterocycles. The summed E-state index contributed by atoms with van der Waals surface area (Å²) in [5.41, 5.74) is 9.75.